The summed E-state index contributed by atoms with van der Waals surface area (Å²) in [5, 5.41) is -1.14. The molecule has 0 aromatic rings. The van der Waals surface area contributed by atoms with Gasteiger partial charge in [-0.1, -0.05) is 6.92 Å². The van der Waals surface area contributed by atoms with Crippen molar-refractivity contribution in [1.29, 1.82) is 0 Å². The van der Waals surface area contributed by atoms with Crippen molar-refractivity contribution >= 4 is 21.8 Å². The van der Waals surface area contributed by atoms with Crippen LogP contribution in [0.2, 0.25) is 0 Å². The Morgan fingerprint density at radius 2 is 1.85 bits per heavy atom. The molecule has 0 aromatic heterocycles. The van der Waals surface area contributed by atoms with Crippen molar-refractivity contribution < 1.29 is 27.5 Å². The van der Waals surface area contributed by atoms with Gasteiger partial charge in [0.1, 0.15) is 0 Å². The van der Waals surface area contributed by atoms with Gasteiger partial charge in [-0.25, -0.2) is 8.42 Å². The third kappa shape index (κ3) is 4.19. The molecule has 0 heterocycles. The standard InChI is InChI=1S/C13H22O6S/c1-4-10(12(15)19-5-2)20(16,17)9-13(6-7-13)8-11(14)18-3/h10H,4-9H2,1-3H3. The topological polar surface area (TPSA) is 86.7 Å². The molecule has 1 rings (SSSR count). The first kappa shape index (κ1) is 16.9. The molecule has 6 nitrogen and oxygen atoms in total. The Bertz CT molecular complexity index is 463. The normalized spacial score (nSPS) is 18.1. The summed E-state index contributed by atoms with van der Waals surface area (Å²) in [7, 11) is -2.35. The molecule has 0 amide bonds. The molecule has 1 aliphatic carbocycles. The highest BCUT2D eigenvalue weighted by Gasteiger charge is 2.50. The van der Waals surface area contributed by atoms with Crippen LogP contribution < -0.4 is 0 Å². The maximum absolute atomic E-state index is 12.4. The molecule has 1 aliphatic rings. The molecule has 0 aromatic carbocycles. The summed E-state index contributed by atoms with van der Waals surface area (Å²) >= 11 is 0. The molecule has 0 saturated heterocycles. The van der Waals surface area contributed by atoms with Crippen molar-refractivity contribution in [2.75, 3.05) is 19.5 Å². The van der Waals surface area contributed by atoms with Gasteiger partial charge < -0.3 is 9.47 Å². The van der Waals surface area contributed by atoms with Crippen LogP contribution in [0.4, 0.5) is 0 Å². The van der Waals surface area contributed by atoms with Gasteiger partial charge in [0.15, 0.2) is 15.1 Å². The van der Waals surface area contributed by atoms with E-state index < -0.39 is 32.4 Å². The summed E-state index contributed by atoms with van der Waals surface area (Å²) in [4.78, 5) is 23.0. The predicted molar refractivity (Wildman–Crippen MR) is 72.8 cm³/mol. The second-order valence-electron chi connectivity index (χ2n) is 5.21. The SMILES string of the molecule is CCOC(=O)C(CC)S(=O)(=O)CC1(CC(=O)OC)CC1. The van der Waals surface area contributed by atoms with Crippen LogP contribution in [-0.4, -0.2) is 45.1 Å². The number of hydrogen-bond donors (Lipinski definition) is 0. The first-order valence-electron chi connectivity index (χ1n) is 6.75. The third-order valence-electron chi connectivity index (χ3n) is 3.57. The lowest BCUT2D eigenvalue weighted by atomic mass is 10.1. The Hall–Kier alpha value is -1.11. The second kappa shape index (κ2) is 6.56. The number of methoxy groups -OCH3 is 1. The average Bonchev–Trinajstić information content (AvgIpc) is 3.08. The van der Waals surface area contributed by atoms with E-state index in [0.717, 1.165) is 0 Å². The van der Waals surface area contributed by atoms with E-state index in [9.17, 15) is 18.0 Å². The minimum atomic E-state index is -3.63. The molecule has 7 heteroatoms. The smallest absolute Gasteiger partial charge is 0.324 e. The molecule has 1 atom stereocenters. The van der Waals surface area contributed by atoms with Gasteiger partial charge in [0.25, 0.3) is 0 Å². The van der Waals surface area contributed by atoms with Crippen molar-refractivity contribution in [1.82, 2.24) is 0 Å². The maximum Gasteiger partial charge on any atom is 0.324 e. The zero-order valence-corrected chi connectivity index (χ0v) is 13.0. The Morgan fingerprint density at radius 3 is 2.25 bits per heavy atom. The van der Waals surface area contributed by atoms with Gasteiger partial charge in [-0.3, -0.25) is 9.59 Å². The van der Waals surface area contributed by atoms with Gasteiger partial charge in [-0.15, -0.1) is 0 Å². The van der Waals surface area contributed by atoms with Crippen LogP contribution in [0.3, 0.4) is 0 Å². The fourth-order valence-electron chi connectivity index (χ4n) is 2.26. The summed E-state index contributed by atoms with van der Waals surface area (Å²) in [5.74, 6) is -1.28. The fourth-order valence-corrected chi connectivity index (χ4v) is 4.57. The lowest BCUT2D eigenvalue weighted by Crippen LogP contribution is -2.36. The van der Waals surface area contributed by atoms with Gasteiger partial charge >= 0.3 is 11.9 Å². The van der Waals surface area contributed by atoms with Gasteiger partial charge in [-0.2, -0.15) is 0 Å². The van der Waals surface area contributed by atoms with Gasteiger partial charge in [0.05, 0.1) is 25.9 Å². The quantitative estimate of drug-likeness (QED) is 0.624. The Balaban J connectivity index is 2.78. The van der Waals surface area contributed by atoms with Crippen molar-refractivity contribution in [3.63, 3.8) is 0 Å². The predicted octanol–water partition coefficient (Wildman–Crippen LogP) is 1.09. The monoisotopic (exact) mass is 306 g/mol. The molecule has 0 spiro atoms. The summed E-state index contributed by atoms with van der Waals surface area (Å²) in [6, 6.07) is 0. The van der Waals surface area contributed by atoms with Crippen LogP contribution >= 0.6 is 0 Å². The van der Waals surface area contributed by atoms with Crippen molar-refractivity contribution in [2.24, 2.45) is 5.41 Å². The lowest BCUT2D eigenvalue weighted by molar-refractivity contribution is -0.143. The number of ether oxygens (including phenoxy) is 2. The lowest BCUT2D eigenvalue weighted by Gasteiger charge is -2.19. The minimum Gasteiger partial charge on any atom is -0.469 e. The minimum absolute atomic E-state index is 0.0853. The van der Waals surface area contributed by atoms with E-state index in [1.54, 1.807) is 13.8 Å². The highest BCUT2D eigenvalue weighted by molar-refractivity contribution is 7.92. The van der Waals surface area contributed by atoms with Crippen LogP contribution in [0.25, 0.3) is 0 Å². The molecular weight excluding hydrogens is 284 g/mol. The van der Waals surface area contributed by atoms with Crippen LogP contribution in [0, 0.1) is 5.41 Å². The molecule has 0 radical (unpaired) electrons. The van der Waals surface area contributed by atoms with E-state index in [4.69, 9.17) is 4.74 Å². The maximum atomic E-state index is 12.4. The number of hydrogen-bond acceptors (Lipinski definition) is 6. The van der Waals surface area contributed by atoms with Gasteiger partial charge in [0.2, 0.25) is 0 Å². The molecule has 0 bridgehead atoms. The Labute approximate surface area is 119 Å². The first-order valence-corrected chi connectivity index (χ1v) is 8.47. The first-order chi connectivity index (χ1) is 9.30. The van der Waals surface area contributed by atoms with E-state index in [1.165, 1.54) is 7.11 Å². The third-order valence-corrected chi connectivity index (χ3v) is 5.97. The summed E-state index contributed by atoms with van der Waals surface area (Å²) in [5.41, 5.74) is -0.550. The zero-order valence-electron chi connectivity index (χ0n) is 12.2. The number of carbonyl (C=O) groups is 2. The van der Waals surface area contributed by atoms with Crippen molar-refractivity contribution in [3.8, 4) is 0 Å². The van der Waals surface area contributed by atoms with Crippen LogP contribution in [-0.2, 0) is 28.9 Å². The summed E-state index contributed by atoms with van der Waals surface area (Å²) < 4.78 is 34.1. The molecule has 1 fully saturated rings. The van der Waals surface area contributed by atoms with Crippen LogP contribution in [0.1, 0.15) is 39.5 Å². The molecule has 1 saturated carbocycles. The molecule has 20 heavy (non-hydrogen) atoms. The molecular formula is C13H22O6S. The zero-order chi connectivity index (χ0) is 15.4. The Morgan fingerprint density at radius 1 is 1.25 bits per heavy atom. The van der Waals surface area contributed by atoms with Crippen molar-refractivity contribution in [3.05, 3.63) is 0 Å². The summed E-state index contributed by atoms with van der Waals surface area (Å²) in [6.45, 7) is 3.42. The van der Waals surface area contributed by atoms with Crippen LogP contribution in [0.15, 0.2) is 0 Å². The highest BCUT2D eigenvalue weighted by Crippen LogP contribution is 2.50. The van der Waals surface area contributed by atoms with E-state index in [0.29, 0.717) is 12.8 Å². The highest BCUT2D eigenvalue weighted by atomic mass is 32.2. The van der Waals surface area contributed by atoms with Gasteiger partial charge in [-0.05, 0) is 31.6 Å². The van der Waals surface area contributed by atoms with Gasteiger partial charge in [0, 0.05) is 0 Å². The molecule has 116 valence electrons. The van der Waals surface area contributed by atoms with E-state index in [1.807, 2.05) is 0 Å². The Kier molecular flexibility index (Phi) is 5.56. The van der Waals surface area contributed by atoms with Crippen molar-refractivity contribution in [2.45, 2.75) is 44.8 Å². The second-order valence-corrected chi connectivity index (χ2v) is 7.39. The average molecular weight is 306 g/mol. The molecule has 0 N–H and O–H groups in total. The van der Waals surface area contributed by atoms with E-state index >= 15 is 0 Å². The van der Waals surface area contributed by atoms with Crippen LogP contribution in [0.5, 0.6) is 0 Å². The molecule has 1 unspecified atom stereocenters. The number of sulfone groups is 1. The van der Waals surface area contributed by atoms with E-state index in [-0.39, 0.29) is 25.2 Å². The number of rotatable bonds is 8. The molecule has 0 aliphatic heterocycles. The number of carbonyl (C=O) groups excluding carboxylic acids is 2. The largest absolute Gasteiger partial charge is 0.469 e. The van der Waals surface area contributed by atoms with E-state index in [2.05, 4.69) is 4.74 Å². The number of esters is 2. The summed E-state index contributed by atoms with van der Waals surface area (Å²) in [6.07, 6.45) is 1.60. The fraction of sp³-hybridized carbons (Fsp3) is 0.846.